The summed E-state index contributed by atoms with van der Waals surface area (Å²) in [6.07, 6.45) is 4.13. The number of nitrogens with zero attached hydrogens (tertiary/aromatic N) is 1. The molecule has 13 heavy (non-hydrogen) atoms. The quantitative estimate of drug-likeness (QED) is 0.725. The number of hydrogen-bond acceptors (Lipinski definition) is 2. The molecule has 0 bridgehead atoms. The molecule has 2 heteroatoms. The van der Waals surface area contributed by atoms with Crippen molar-refractivity contribution >= 4 is 0 Å². The average Bonchev–Trinajstić information content (AvgIpc) is 2.18. The number of rotatable bonds is 3. The fourth-order valence-corrected chi connectivity index (χ4v) is 2.07. The van der Waals surface area contributed by atoms with Crippen LogP contribution in [0.2, 0.25) is 0 Å². The van der Waals surface area contributed by atoms with Crippen LogP contribution in [0, 0.1) is 5.92 Å². The average molecular weight is 184 g/mol. The second kappa shape index (κ2) is 4.43. The number of hydrogen-bond donors (Lipinski definition) is 1. The molecule has 0 aromatic heterocycles. The maximum Gasteiger partial charge on any atom is 0.0190 e. The molecule has 1 saturated heterocycles. The summed E-state index contributed by atoms with van der Waals surface area (Å²) in [5.74, 6) is 0.589. The van der Waals surface area contributed by atoms with E-state index in [4.69, 9.17) is 5.73 Å². The minimum atomic E-state index is 0.287. The van der Waals surface area contributed by atoms with E-state index < -0.39 is 0 Å². The molecule has 1 aliphatic heterocycles. The highest BCUT2D eigenvalue weighted by molar-refractivity contribution is 4.88. The zero-order chi connectivity index (χ0) is 9.90. The molecular formula is C11H24N2. The molecule has 0 spiro atoms. The van der Waals surface area contributed by atoms with Crippen molar-refractivity contribution in [2.75, 3.05) is 19.6 Å². The van der Waals surface area contributed by atoms with Crippen molar-refractivity contribution in [3.8, 4) is 0 Å². The highest BCUT2D eigenvalue weighted by Crippen LogP contribution is 2.26. The summed E-state index contributed by atoms with van der Waals surface area (Å²) in [6, 6.07) is 0. The van der Waals surface area contributed by atoms with Gasteiger partial charge in [-0.2, -0.15) is 0 Å². The van der Waals surface area contributed by atoms with Crippen LogP contribution in [-0.4, -0.2) is 30.1 Å². The lowest BCUT2D eigenvalue weighted by Crippen LogP contribution is -2.52. The van der Waals surface area contributed by atoms with Crippen molar-refractivity contribution in [1.82, 2.24) is 4.90 Å². The normalized spacial score (nSPS) is 23.1. The van der Waals surface area contributed by atoms with Crippen molar-refractivity contribution < 1.29 is 0 Å². The predicted octanol–water partition coefficient (Wildman–Crippen LogP) is 1.85. The Morgan fingerprint density at radius 3 is 2.23 bits per heavy atom. The molecule has 0 aliphatic carbocycles. The molecule has 0 amide bonds. The summed E-state index contributed by atoms with van der Waals surface area (Å²) in [5, 5.41) is 0. The van der Waals surface area contributed by atoms with E-state index in [1.54, 1.807) is 0 Å². The van der Waals surface area contributed by atoms with E-state index in [0.29, 0.717) is 5.92 Å². The maximum atomic E-state index is 5.74. The molecule has 1 atom stereocenters. The van der Waals surface area contributed by atoms with E-state index in [1.807, 2.05) is 0 Å². The summed E-state index contributed by atoms with van der Waals surface area (Å²) in [4.78, 5) is 2.61. The van der Waals surface area contributed by atoms with Gasteiger partial charge in [0.15, 0.2) is 0 Å². The molecule has 1 unspecified atom stereocenters. The first-order valence-electron chi connectivity index (χ1n) is 5.54. The van der Waals surface area contributed by atoms with Crippen LogP contribution in [0.1, 0.15) is 40.0 Å². The second-order valence-electron chi connectivity index (χ2n) is 4.84. The zero-order valence-electron chi connectivity index (χ0n) is 9.34. The Balaban J connectivity index is 2.55. The molecule has 2 N–H and O–H groups in total. The van der Waals surface area contributed by atoms with Gasteiger partial charge in [-0.15, -0.1) is 0 Å². The fraction of sp³-hybridized carbons (Fsp3) is 1.00. The van der Waals surface area contributed by atoms with Gasteiger partial charge in [-0.1, -0.05) is 13.3 Å². The van der Waals surface area contributed by atoms with Crippen LogP contribution in [0.25, 0.3) is 0 Å². The van der Waals surface area contributed by atoms with E-state index in [2.05, 4.69) is 25.7 Å². The highest BCUT2D eigenvalue weighted by Gasteiger charge is 2.32. The Bertz CT molecular complexity index is 148. The van der Waals surface area contributed by atoms with Crippen LogP contribution < -0.4 is 5.73 Å². The Kier molecular flexibility index (Phi) is 3.74. The minimum Gasteiger partial charge on any atom is -0.330 e. The van der Waals surface area contributed by atoms with Gasteiger partial charge in [0.1, 0.15) is 0 Å². The van der Waals surface area contributed by atoms with Gasteiger partial charge >= 0.3 is 0 Å². The molecule has 0 radical (unpaired) electrons. The lowest BCUT2D eigenvalue weighted by Gasteiger charge is -2.44. The summed E-state index contributed by atoms with van der Waals surface area (Å²) in [6.45, 7) is 10.2. The van der Waals surface area contributed by atoms with E-state index >= 15 is 0 Å². The summed E-state index contributed by atoms with van der Waals surface area (Å²) in [5.41, 5.74) is 6.03. The van der Waals surface area contributed by atoms with E-state index in [1.165, 1.54) is 32.4 Å². The van der Waals surface area contributed by atoms with Crippen LogP contribution in [0.5, 0.6) is 0 Å². The molecular weight excluding hydrogens is 160 g/mol. The first kappa shape index (κ1) is 11.0. The van der Waals surface area contributed by atoms with Crippen molar-refractivity contribution in [2.24, 2.45) is 11.7 Å². The first-order chi connectivity index (χ1) is 6.09. The van der Waals surface area contributed by atoms with Crippen LogP contribution in [-0.2, 0) is 0 Å². The minimum absolute atomic E-state index is 0.287. The second-order valence-corrected chi connectivity index (χ2v) is 4.84. The molecule has 0 aromatic rings. The van der Waals surface area contributed by atoms with Crippen LogP contribution in [0.3, 0.4) is 0 Å². The van der Waals surface area contributed by atoms with Gasteiger partial charge in [-0.05, 0) is 52.2 Å². The van der Waals surface area contributed by atoms with Gasteiger partial charge < -0.3 is 5.73 Å². The standard InChI is InChI=1S/C11H24N2/c1-10(9-12)11(2,3)13-7-5-4-6-8-13/h10H,4-9,12H2,1-3H3. The predicted molar refractivity (Wildman–Crippen MR) is 57.7 cm³/mol. The molecule has 1 aliphatic rings. The lowest BCUT2D eigenvalue weighted by atomic mass is 9.86. The van der Waals surface area contributed by atoms with E-state index in [-0.39, 0.29) is 5.54 Å². The number of piperidine rings is 1. The van der Waals surface area contributed by atoms with Crippen LogP contribution >= 0.6 is 0 Å². The van der Waals surface area contributed by atoms with Crippen LogP contribution in [0.4, 0.5) is 0 Å². The third-order valence-electron chi connectivity index (χ3n) is 3.73. The molecule has 1 rings (SSSR count). The Labute approximate surface area is 82.5 Å². The van der Waals surface area contributed by atoms with Gasteiger partial charge in [0.25, 0.3) is 0 Å². The third-order valence-corrected chi connectivity index (χ3v) is 3.73. The number of likely N-dealkylation sites (tertiary alicyclic amines) is 1. The SMILES string of the molecule is CC(CN)C(C)(C)N1CCCCC1. The lowest BCUT2D eigenvalue weighted by molar-refractivity contribution is 0.0542. The number of nitrogens with two attached hydrogens (primary N) is 1. The highest BCUT2D eigenvalue weighted by atomic mass is 15.2. The largest absolute Gasteiger partial charge is 0.330 e. The van der Waals surface area contributed by atoms with Crippen molar-refractivity contribution in [3.05, 3.63) is 0 Å². The van der Waals surface area contributed by atoms with Gasteiger partial charge in [-0.3, -0.25) is 4.90 Å². The maximum absolute atomic E-state index is 5.74. The van der Waals surface area contributed by atoms with Crippen molar-refractivity contribution in [2.45, 2.75) is 45.6 Å². The Hall–Kier alpha value is -0.0800. The van der Waals surface area contributed by atoms with E-state index in [9.17, 15) is 0 Å². The van der Waals surface area contributed by atoms with Gasteiger partial charge in [0, 0.05) is 5.54 Å². The topological polar surface area (TPSA) is 29.3 Å². The van der Waals surface area contributed by atoms with Gasteiger partial charge in [0.2, 0.25) is 0 Å². The van der Waals surface area contributed by atoms with Crippen molar-refractivity contribution in [1.29, 1.82) is 0 Å². The Morgan fingerprint density at radius 2 is 1.77 bits per heavy atom. The van der Waals surface area contributed by atoms with E-state index in [0.717, 1.165) is 6.54 Å². The molecule has 78 valence electrons. The van der Waals surface area contributed by atoms with Gasteiger partial charge in [0.05, 0.1) is 0 Å². The molecule has 1 heterocycles. The fourth-order valence-electron chi connectivity index (χ4n) is 2.07. The summed E-state index contributed by atoms with van der Waals surface area (Å²) < 4.78 is 0. The van der Waals surface area contributed by atoms with Crippen LogP contribution in [0.15, 0.2) is 0 Å². The molecule has 1 fully saturated rings. The smallest absolute Gasteiger partial charge is 0.0190 e. The van der Waals surface area contributed by atoms with Gasteiger partial charge in [-0.25, -0.2) is 0 Å². The summed E-state index contributed by atoms with van der Waals surface area (Å²) >= 11 is 0. The summed E-state index contributed by atoms with van der Waals surface area (Å²) in [7, 11) is 0. The monoisotopic (exact) mass is 184 g/mol. The molecule has 0 saturated carbocycles. The molecule has 0 aromatic carbocycles. The molecule has 2 nitrogen and oxygen atoms in total. The first-order valence-corrected chi connectivity index (χ1v) is 5.54. The van der Waals surface area contributed by atoms with Crippen molar-refractivity contribution in [3.63, 3.8) is 0 Å². The Morgan fingerprint density at radius 1 is 1.23 bits per heavy atom. The zero-order valence-corrected chi connectivity index (χ0v) is 9.34. The third kappa shape index (κ3) is 2.44.